The molecule has 1 aliphatic heterocycles. The molecule has 4 rings (SSSR count). The molecule has 1 aliphatic carbocycles. The number of hydrogen-bond donors (Lipinski definition) is 3. The van der Waals surface area contributed by atoms with Crippen molar-refractivity contribution in [2.24, 2.45) is 0 Å². The second-order valence-corrected chi connectivity index (χ2v) is 10.6. The van der Waals surface area contributed by atoms with E-state index in [4.69, 9.17) is 10.5 Å². The maximum Gasteiger partial charge on any atom is 0.411 e. The van der Waals surface area contributed by atoms with Gasteiger partial charge in [-0.15, -0.1) is 0 Å². The summed E-state index contributed by atoms with van der Waals surface area (Å²) in [6.45, 7) is 6.95. The summed E-state index contributed by atoms with van der Waals surface area (Å²) in [5.41, 5.74) is 7.74. The number of fused-ring (bicyclic) bond motifs is 1. The van der Waals surface area contributed by atoms with Crippen LogP contribution < -0.4 is 16.4 Å². The molecule has 38 heavy (non-hydrogen) atoms. The van der Waals surface area contributed by atoms with Crippen LogP contribution in [-0.4, -0.2) is 52.0 Å². The van der Waals surface area contributed by atoms with Crippen LogP contribution in [0.2, 0.25) is 0 Å². The molecule has 1 aromatic carbocycles. The molecular weight excluding hydrogens is 489 g/mol. The van der Waals surface area contributed by atoms with Crippen molar-refractivity contribution in [3.05, 3.63) is 65.1 Å². The van der Waals surface area contributed by atoms with Crippen LogP contribution in [0.3, 0.4) is 0 Å². The maximum atomic E-state index is 14.5. The summed E-state index contributed by atoms with van der Waals surface area (Å²) >= 11 is 0. The van der Waals surface area contributed by atoms with Crippen LogP contribution in [-0.2, 0) is 20.7 Å². The number of nitrogen functional groups attached to an aromatic ring is 1. The number of nitrogens with two attached hydrogens (primary N) is 1. The molecule has 3 atom stereocenters. The molecule has 1 aromatic heterocycles. The average Bonchev–Trinajstić information content (AvgIpc) is 3.24. The first-order valence-corrected chi connectivity index (χ1v) is 12.7. The van der Waals surface area contributed by atoms with E-state index in [9.17, 15) is 18.8 Å². The fourth-order valence-electron chi connectivity index (χ4n) is 4.73. The van der Waals surface area contributed by atoms with Crippen molar-refractivity contribution in [3.8, 4) is 0 Å². The fraction of sp³-hybridized carbons (Fsp3) is 0.429. The molecule has 0 saturated carbocycles. The van der Waals surface area contributed by atoms with Crippen molar-refractivity contribution in [1.82, 2.24) is 20.5 Å². The van der Waals surface area contributed by atoms with Crippen LogP contribution in [0.15, 0.2) is 42.5 Å². The third-order valence-corrected chi connectivity index (χ3v) is 6.58. The highest BCUT2D eigenvalue weighted by molar-refractivity contribution is 5.94. The minimum absolute atomic E-state index is 0.155. The molecule has 2 aromatic rings. The number of pyridine rings is 1. The van der Waals surface area contributed by atoms with E-state index in [1.807, 2.05) is 6.07 Å². The molecular formula is C28H34FN5O4. The average molecular weight is 524 g/mol. The van der Waals surface area contributed by atoms with E-state index in [0.29, 0.717) is 36.2 Å². The van der Waals surface area contributed by atoms with E-state index in [1.54, 1.807) is 58.0 Å². The Morgan fingerprint density at radius 3 is 2.61 bits per heavy atom. The third kappa shape index (κ3) is 6.12. The molecule has 0 spiro atoms. The van der Waals surface area contributed by atoms with Gasteiger partial charge in [-0.2, -0.15) is 0 Å². The highest BCUT2D eigenvalue weighted by Crippen LogP contribution is 2.31. The summed E-state index contributed by atoms with van der Waals surface area (Å²) < 4.78 is 20.0. The first-order valence-electron chi connectivity index (χ1n) is 12.7. The Hall–Kier alpha value is -3.95. The molecule has 0 radical (unpaired) electrons. The minimum Gasteiger partial charge on any atom is -0.444 e. The summed E-state index contributed by atoms with van der Waals surface area (Å²) in [6, 6.07) is 7.64. The van der Waals surface area contributed by atoms with E-state index < -0.39 is 35.5 Å². The van der Waals surface area contributed by atoms with Gasteiger partial charge in [0.15, 0.2) is 0 Å². The maximum absolute atomic E-state index is 14.5. The lowest BCUT2D eigenvalue weighted by Gasteiger charge is -2.35. The first kappa shape index (κ1) is 27.1. The number of halogens is 1. The Bertz CT molecular complexity index is 1270. The number of benzene rings is 1. The number of aryl methyl sites for hydroxylation is 1. The Morgan fingerprint density at radius 1 is 1.16 bits per heavy atom. The molecule has 202 valence electrons. The van der Waals surface area contributed by atoms with Crippen molar-refractivity contribution in [3.63, 3.8) is 0 Å². The lowest BCUT2D eigenvalue weighted by molar-refractivity contribution is -0.131. The predicted molar refractivity (Wildman–Crippen MR) is 141 cm³/mol. The van der Waals surface area contributed by atoms with Crippen molar-refractivity contribution >= 4 is 29.3 Å². The molecule has 0 unspecified atom stereocenters. The summed E-state index contributed by atoms with van der Waals surface area (Å²) in [6.07, 6.45) is 2.63. The highest BCUT2D eigenvalue weighted by atomic mass is 19.1. The number of rotatable bonds is 5. The lowest BCUT2D eigenvalue weighted by atomic mass is 9.95. The highest BCUT2D eigenvalue weighted by Gasteiger charge is 2.36. The van der Waals surface area contributed by atoms with Crippen molar-refractivity contribution < 1.29 is 23.5 Å². The Labute approximate surface area is 221 Å². The van der Waals surface area contributed by atoms with Gasteiger partial charge in [-0.3, -0.25) is 14.5 Å². The second kappa shape index (κ2) is 10.8. The summed E-state index contributed by atoms with van der Waals surface area (Å²) in [5, 5.41) is 5.68. The standard InChI is InChI=1S/C28H34FN5O4/c1-16(25(35)33-22-11-10-21-19(22)9-12-24(30)32-21)31-26(36)23-15-17(18-7-5-6-8-20(18)29)13-14-34(23)27(37)38-28(2,3)4/h5-9,12,15-16,22-23H,10-11,13-14H2,1-4H3,(H2,30,32)(H,31,36)(H,33,35)/t16-,22+,23+/m0/s1. The van der Waals surface area contributed by atoms with Gasteiger partial charge in [0, 0.05) is 17.8 Å². The number of carbonyl (C=O) groups is 3. The fourth-order valence-corrected chi connectivity index (χ4v) is 4.73. The first-order chi connectivity index (χ1) is 17.9. The van der Waals surface area contributed by atoms with E-state index >= 15 is 0 Å². The van der Waals surface area contributed by atoms with Gasteiger partial charge in [0.1, 0.15) is 29.3 Å². The molecule has 9 nitrogen and oxygen atoms in total. The molecule has 10 heteroatoms. The van der Waals surface area contributed by atoms with E-state index in [-0.39, 0.29) is 18.5 Å². The van der Waals surface area contributed by atoms with E-state index in [1.165, 1.54) is 11.0 Å². The zero-order valence-corrected chi connectivity index (χ0v) is 22.1. The molecule has 0 saturated heterocycles. The van der Waals surface area contributed by atoms with Crippen molar-refractivity contribution in [2.75, 3.05) is 12.3 Å². The van der Waals surface area contributed by atoms with Gasteiger partial charge in [-0.05, 0) is 76.3 Å². The SMILES string of the molecule is C[C@H](NC(=O)[C@H]1C=C(c2ccccc2F)CCN1C(=O)OC(C)(C)C)C(=O)N[C@@H]1CCc2nc(N)ccc21. The monoisotopic (exact) mass is 523 g/mol. The predicted octanol–water partition coefficient (Wildman–Crippen LogP) is 3.50. The van der Waals surface area contributed by atoms with Gasteiger partial charge in [-0.1, -0.05) is 24.3 Å². The number of hydrogen-bond acceptors (Lipinski definition) is 6. The third-order valence-electron chi connectivity index (χ3n) is 6.58. The molecule has 0 fully saturated rings. The van der Waals surface area contributed by atoms with Gasteiger partial charge in [0.25, 0.3) is 0 Å². The van der Waals surface area contributed by atoms with Crippen LogP contribution in [0.1, 0.15) is 63.4 Å². The van der Waals surface area contributed by atoms with E-state index in [0.717, 1.165) is 11.3 Å². The van der Waals surface area contributed by atoms with Crippen molar-refractivity contribution in [2.45, 2.75) is 70.7 Å². The summed E-state index contributed by atoms with van der Waals surface area (Å²) in [4.78, 5) is 45.0. The Kier molecular flexibility index (Phi) is 7.71. The topological polar surface area (TPSA) is 127 Å². The Balaban J connectivity index is 1.51. The van der Waals surface area contributed by atoms with Gasteiger partial charge < -0.3 is 21.1 Å². The van der Waals surface area contributed by atoms with Crippen LogP contribution >= 0.6 is 0 Å². The van der Waals surface area contributed by atoms with Gasteiger partial charge >= 0.3 is 6.09 Å². The summed E-state index contributed by atoms with van der Waals surface area (Å²) in [5.74, 6) is -0.912. The van der Waals surface area contributed by atoms with Gasteiger partial charge in [-0.25, -0.2) is 14.2 Å². The largest absolute Gasteiger partial charge is 0.444 e. The number of nitrogens with zero attached hydrogens (tertiary/aromatic N) is 2. The number of anilines is 1. The number of amides is 3. The molecule has 0 bridgehead atoms. The number of nitrogens with one attached hydrogen (secondary N) is 2. The zero-order valence-electron chi connectivity index (χ0n) is 22.1. The van der Waals surface area contributed by atoms with Gasteiger partial charge in [0.05, 0.1) is 6.04 Å². The van der Waals surface area contributed by atoms with Gasteiger partial charge in [0.2, 0.25) is 11.8 Å². The van der Waals surface area contributed by atoms with Crippen LogP contribution in [0, 0.1) is 5.82 Å². The molecule has 3 amide bonds. The molecule has 2 aliphatic rings. The smallest absolute Gasteiger partial charge is 0.411 e. The normalized spacial score (nSPS) is 19.7. The lowest BCUT2D eigenvalue weighted by Crippen LogP contribution is -2.55. The number of ether oxygens (including phenoxy) is 1. The zero-order chi connectivity index (χ0) is 27.6. The summed E-state index contributed by atoms with van der Waals surface area (Å²) in [7, 11) is 0. The quantitative estimate of drug-likeness (QED) is 0.551. The molecule has 4 N–H and O–H groups in total. The van der Waals surface area contributed by atoms with Crippen molar-refractivity contribution in [1.29, 1.82) is 0 Å². The Morgan fingerprint density at radius 2 is 1.89 bits per heavy atom. The number of aromatic nitrogens is 1. The van der Waals surface area contributed by atoms with Crippen LogP contribution in [0.5, 0.6) is 0 Å². The minimum atomic E-state index is -1.08. The second-order valence-electron chi connectivity index (χ2n) is 10.6. The van der Waals surface area contributed by atoms with Crippen LogP contribution in [0.25, 0.3) is 5.57 Å². The van der Waals surface area contributed by atoms with E-state index in [2.05, 4.69) is 15.6 Å². The van der Waals surface area contributed by atoms with Crippen LogP contribution in [0.4, 0.5) is 15.0 Å². The molecule has 2 heterocycles. The number of carbonyl (C=O) groups excluding carboxylic acids is 3.